The number of aryl methyl sites for hydroxylation is 1. The lowest BCUT2D eigenvalue weighted by atomic mass is 10.0. The molecule has 156 valence electrons. The second kappa shape index (κ2) is 8.11. The third-order valence-electron chi connectivity index (χ3n) is 5.18. The summed E-state index contributed by atoms with van der Waals surface area (Å²) in [6, 6.07) is 0. The van der Waals surface area contributed by atoms with E-state index in [2.05, 4.69) is 23.9 Å². The molecule has 30 heavy (non-hydrogen) atoms. The fourth-order valence-corrected chi connectivity index (χ4v) is 5.03. The van der Waals surface area contributed by atoms with E-state index in [0.717, 1.165) is 44.1 Å². The third kappa shape index (κ3) is 3.46. The molecular formula is C20H21FN6OS2. The Bertz CT molecular complexity index is 1360. The van der Waals surface area contributed by atoms with Crippen LogP contribution in [0.4, 0.5) is 4.39 Å². The summed E-state index contributed by atoms with van der Waals surface area (Å²) < 4.78 is 17.7. The van der Waals surface area contributed by atoms with Crippen LogP contribution in [0.3, 0.4) is 0 Å². The van der Waals surface area contributed by atoms with Gasteiger partial charge in [0.1, 0.15) is 16.2 Å². The van der Waals surface area contributed by atoms with Crippen molar-refractivity contribution < 1.29 is 4.39 Å². The lowest BCUT2D eigenvalue weighted by molar-refractivity contribution is 0.582. The molecule has 0 saturated heterocycles. The molecule has 0 aliphatic carbocycles. The number of aromatic nitrogens is 5. The van der Waals surface area contributed by atoms with Gasteiger partial charge >= 0.3 is 0 Å². The highest BCUT2D eigenvalue weighted by Gasteiger charge is 2.19. The first-order chi connectivity index (χ1) is 14.4. The molecule has 0 aromatic carbocycles. The second-order valence-corrected chi connectivity index (χ2v) is 8.85. The molecule has 4 aromatic rings. The molecule has 0 atom stereocenters. The van der Waals surface area contributed by atoms with Crippen molar-refractivity contribution >= 4 is 43.9 Å². The van der Waals surface area contributed by atoms with E-state index < -0.39 is 5.13 Å². The summed E-state index contributed by atoms with van der Waals surface area (Å²) in [5, 5.41) is 5.56. The van der Waals surface area contributed by atoms with Crippen LogP contribution in [0, 0.1) is 5.13 Å². The molecule has 4 rings (SSSR count). The van der Waals surface area contributed by atoms with Crippen LogP contribution in [0.15, 0.2) is 39.9 Å². The van der Waals surface area contributed by atoms with Gasteiger partial charge in [-0.25, -0.2) is 14.6 Å². The molecule has 0 saturated carbocycles. The molecule has 0 radical (unpaired) electrons. The molecule has 0 bridgehead atoms. The van der Waals surface area contributed by atoms with Crippen LogP contribution in [0.25, 0.3) is 21.3 Å². The van der Waals surface area contributed by atoms with E-state index in [1.165, 1.54) is 15.8 Å². The maximum atomic E-state index is 13.7. The summed E-state index contributed by atoms with van der Waals surface area (Å²) in [6.07, 6.45) is 6.74. The number of thiazole rings is 2. The van der Waals surface area contributed by atoms with E-state index in [4.69, 9.17) is 10.7 Å². The van der Waals surface area contributed by atoms with Gasteiger partial charge in [-0.15, -0.1) is 11.3 Å². The van der Waals surface area contributed by atoms with Gasteiger partial charge in [-0.05, 0) is 31.2 Å². The van der Waals surface area contributed by atoms with Crippen molar-refractivity contribution in [3.63, 3.8) is 0 Å². The summed E-state index contributed by atoms with van der Waals surface area (Å²) in [5.74, 6) is 0. The Morgan fingerprint density at radius 2 is 2.20 bits per heavy atom. The molecule has 4 aromatic heterocycles. The van der Waals surface area contributed by atoms with Crippen molar-refractivity contribution in [1.29, 1.82) is 0 Å². The van der Waals surface area contributed by atoms with E-state index in [1.807, 2.05) is 13.1 Å². The number of nitrogens with two attached hydrogens (primary N) is 1. The van der Waals surface area contributed by atoms with Gasteiger partial charge in [0, 0.05) is 18.9 Å². The highest BCUT2D eigenvalue weighted by Crippen LogP contribution is 2.32. The zero-order valence-corrected chi connectivity index (χ0v) is 18.5. The van der Waals surface area contributed by atoms with Crippen molar-refractivity contribution in [3.8, 4) is 0 Å². The van der Waals surface area contributed by atoms with E-state index in [0.29, 0.717) is 11.9 Å². The van der Waals surface area contributed by atoms with Gasteiger partial charge in [-0.1, -0.05) is 23.8 Å². The van der Waals surface area contributed by atoms with Gasteiger partial charge in [0.25, 0.3) is 5.56 Å². The van der Waals surface area contributed by atoms with E-state index in [-0.39, 0.29) is 17.8 Å². The van der Waals surface area contributed by atoms with E-state index in [9.17, 15) is 9.18 Å². The van der Waals surface area contributed by atoms with E-state index in [1.54, 1.807) is 28.3 Å². The van der Waals surface area contributed by atoms with Crippen molar-refractivity contribution in [2.75, 3.05) is 0 Å². The first-order valence-corrected chi connectivity index (χ1v) is 11.1. The van der Waals surface area contributed by atoms with Crippen LogP contribution in [-0.2, 0) is 20.0 Å². The highest BCUT2D eigenvalue weighted by atomic mass is 32.1. The zero-order chi connectivity index (χ0) is 21.4. The molecule has 0 unspecified atom stereocenters. The standard InChI is InChI=1S/C20H21FN6OS2/c1-4-11(2)12(5-6-22)7-15-25-19-17(30-15)13-8-24-27(20(28)16(13)26(19)3)9-14-18(21)29-10-23-14/h5-6,8,10H,4,7,9,22H2,1-3H3/b6-5-,12-11-. The molecular weight excluding hydrogens is 423 g/mol. The van der Waals surface area contributed by atoms with Crippen LogP contribution in [-0.4, -0.2) is 24.3 Å². The Morgan fingerprint density at radius 1 is 1.40 bits per heavy atom. The fraction of sp³-hybridized carbons (Fsp3) is 0.300. The lowest BCUT2D eigenvalue weighted by Gasteiger charge is -2.05. The van der Waals surface area contributed by atoms with Gasteiger partial charge in [-0.3, -0.25) is 4.79 Å². The molecule has 0 fully saturated rings. The Morgan fingerprint density at radius 3 is 2.87 bits per heavy atom. The summed E-state index contributed by atoms with van der Waals surface area (Å²) in [4.78, 5) is 21.8. The Hall–Kier alpha value is -2.85. The highest BCUT2D eigenvalue weighted by molar-refractivity contribution is 7.19. The molecule has 0 spiro atoms. The molecule has 7 nitrogen and oxygen atoms in total. The Labute approximate surface area is 180 Å². The Balaban J connectivity index is 1.78. The second-order valence-electron chi connectivity index (χ2n) is 6.96. The lowest BCUT2D eigenvalue weighted by Crippen LogP contribution is -2.25. The topological polar surface area (TPSA) is 91.6 Å². The van der Waals surface area contributed by atoms with Gasteiger partial charge in [-0.2, -0.15) is 9.49 Å². The van der Waals surface area contributed by atoms with E-state index >= 15 is 0 Å². The van der Waals surface area contributed by atoms with Crippen molar-refractivity contribution in [2.45, 2.75) is 33.2 Å². The number of allylic oxidation sites excluding steroid dienone is 3. The number of rotatable bonds is 6. The van der Waals surface area contributed by atoms with Crippen LogP contribution in [0.2, 0.25) is 0 Å². The average Bonchev–Trinajstić information content (AvgIpc) is 3.40. The van der Waals surface area contributed by atoms with Crippen molar-refractivity contribution in [1.82, 2.24) is 24.3 Å². The normalized spacial score (nSPS) is 13.1. The first-order valence-electron chi connectivity index (χ1n) is 9.43. The SMILES string of the molecule is CC/C(C)=C(/C=C\N)Cc1nc2c(s1)c1cnn(Cc3ncsc3F)c(=O)c1n2C. The van der Waals surface area contributed by atoms with Crippen LogP contribution in [0.1, 0.15) is 31.0 Å². The smallest absolute Gasteiger partial charge is 0.291 e. The summed E-state index contributed by atoms with van der Waals surface area (Å²) in [6.45, 7) is 4.20. The van der Waals surface area contributed by atoms with Crippen LogP contribution >= 0.6 is 22.7 Å². The largest absolute Gasteiger partial charge is 0.405 e. The Kier molecular flexibility index (Phi) is 5.52. The molecule has 2 N–H and O–H groups in total. The number of halogens is 1. The van der Waals surface area contributed by atoms with Gasteiger partial charge < -0.3 is 10.3 Å². The minimum absolute atomic E-state index is 0.00249. The molecule has 0 aliphatic rings. The zero-order valence-electron chi connectivity index (χ0n) is 16.8. The average molecular weight is 445 g/mol. The fourth-order valence-electron chi connectivity index (χ4n) is 3.38. The minimum Gasteiger partial charge on any atom is -0.405 e. The van der Waals surface area contributed by atoms with Gasteiger partial charge in [0.05, 0.1) is 23.0 Å². The number of nitrogens with zero attached hydrogens (tertiary/aromatic N) is 5. The molecule has 10 heteroatoms. The number of hydrogen-bond acceptors (Lipinski definition) is 7. The summed E-state index contributed by atoms with van der Waals surface area (Å²) >= 11 is 2.46. The minimum atomic E-state index is -0.402. The molecule has 0 amide bonds. The van der Waals surface area contributed by atoms with Crippen molar-refractivity contribution in [3.05, 3.63) is 61.3 Å². The number of hydrogen-bond donors (Lipinski definition) is 1. The maximum Gasteiger partial charge on any atom is 0.291 e. The third-order valence-corrected chi connectivity index (χ3v) is 6.91. The van der Waals surface area contributed by atoms with Crippen LogP contribution < -0.4 is 11.3 Å². The summed E-state index contributed by atoms with van der Waals surface area (Å²) in [5.41, 5.74) is 10.6. The first kappa shape index (κ1) is 20.4. The maximum absolute atomic E-state index is 13.7. The monoisotopic (exact) mass is 444 g/mol. The van der Waals surface area contributed by atoms with Gasteiger partial charge in [0.15, 0.2) is 5.65 Å². The molecule has 0 aliphatic heterocycles. The van der Waals surface area contributed by atoms with Gasteiger partial charge in [0.2, 0.25) is 5.13 Å². The predicted octanol–water partition coefficient (Wildman–Crippen LogP) is 3.73. The number of fused-ring (bicyclic) bond motifs is 3. The van der Waals surface area contributed by atoms with Crippen molar-refractivity contribution in [2.24, 2.45) is 12.8 Å². The molecule has 4 heterocycles. The quantitative estimate of drug-likeness (QED) is 0.458. The van der Waals surface area contributed by atoms with Crippen LogP contribution in [0.5, 0.6) is 0 Å². The predicted molar refractivity (Wildman–Crippen MR) is 119 cm³/mol. The summed E-state index contributed by atoms with van der Waals surface area (Å²) in [7, 11) is 1.82.